The SMILES string of the molecule is NCCCCC1=CC(=O)CC1=O. The average Bonchev–Trinajstić information content (AvgIpc) is 2.31. The van der Waals surface area contributed by atoms with Gasteiger partial charge >= 0.3 is 0 Å². The number of Topliss-reactive ketones (excluding diaryl/α,β-unsaturated/α-hetero) is 1. The van der Waals surface area contributed by atoms with Crippen molar-refractivity contribution in [3.05, 3.63) is 11.6 Å². The number of ketones is 2. The van der Waals surface area contributed by atoms with Crippen molar-refractivity contribution in [2.24, 2.45) is 5.73 Å². The third-order valence-corrected chi connectivity index (χ3v) is 1.93. The highest BCUT2D eigenvalue weighted by Crippen LogP contribution is 2.16. The van der Waals surface area contributed by atoms with E-state index in [1.54, 1.807) is 0 Å². The van der Waals surface area contributed by atoms with E-state index in [-0.39, 0.29) is 18.0 Å². The van der Waals surface area contributed by atoms with E-state index < -0.39 is 0 Å². The van der Waals surface area contributed by atoms with Gasteiger partial charge < -0.3 is 5.73 Å². The Bertz CT molecular complexity index is 231. The quantitative estimate of drug-likeness (QED) is 0.492. The number of hydrogen-bond acceptors (Lipinski definition) is 3. The maximum atomic E-state index is 11.1. The lowest BCUT2D eigenvalue weighted by molar-refractivity contribution is -0.120. The fourth-order valence-electron chi connectivity index (χ4n) is 1.27. The highest BCUT2D eigenvalue weighted by atomic mass is 16.2. The molecular weight excluding hydrogens is 154 g/mol. The Hall–Kier alpha value is -0.960. The molecule has 12 heavy (non-hydrogen) atoms. The summed E-state index contributed by atoms with van der Waals surface area (Å²) < 4.78 is 0. The van der Waals surface area contributed by atoms with Gasteiger partial charge in [0.1, 0.15) is 0 Å². The minimum absolute atomic E-state index is 0.00276. The molecule has 0 fully saturated rings. The molecule has 0 aromatic carbocycles. The zero-order valence-electron chi connectivity index (χ0n) is 7.01. The van der Waals surface area contributed by atoms with Gasteiger partial charge in [0.25, 0.3) is 0 Å². The zero-order chi connectivity index (χ0) is 8.97. The molecule has 0 bridgehead atoms. The molecule has 0 aliphatic heterocycles. The van der Waals surface area contributed by atoms with Crippen LogP contribution >= 0.6 is 0 Å². The van der Waals surface area contributed by atoms with Crippen LogP contribution in [-0.4, -0.2) is 18.1 Å². The van der Waals surface area contributed by atoms with Gasteiger partial charge in [0, 0.05) is 0 Å². The summed E-state index contributed by atoms with van der Waals surface area (Å²) in [5, 5.41) is 0. The molecule has 66 valence electrons. The summed E-state index contributed by atoms with van der Waals surface area (Å²) >= 11 is 0. The van der Waals surface area contributed by atoms with Crippen LogP contribution in [0.5, 0.6) is 0 Å². The van der Waals surface area contributed by atoms with E-state index in [4.69, 9.17) is 5.73 Å². The Kier molecular flexibility index (Phi) is 3.17. The number of hydrogen-bond donors (Lipinski definition) is 1. The Morgan fingerprint density at radius 3 is 2.58 bits per heavy atom. The number of allylic oxidation sites excluding steroid dienone is 2. The summed E-state index contributed by atoms with van der Waals surface area (Å²) in [4.78, 5) is 21.8. The van der Waals surface area contributed by atoms with Crippen LogP contribution in [0.2, 0.25) is 0 Å². The lowest BCUT2D eigenvalue weighted by Gasteiger charge is -1.97. The van der Waals surface area contributed by atoms with Crippen LogP contribution in [0.3, 0.4) is 0 Å². The molecule has 3 heteroatoms. The van der Waals surface area contributed by atoms with E-state index in [1.165, 1.54) is 6.08 Å². The first-order chi connectivity index (χ1) is 5.74. The Morgan fingerprint density at radius 2 is 2.08 bits per heavy atom. The average molecular weight is 167 g/mol. The third kappa shape index (κ3) is 2.27. The molecular formula is C9H13NO2. The van der Waals surface area contributed by atoms with Crippen LogP contribution in [0.4, 0.5) is 0 Å². The van der Waals surface area contributed by atoms with Crippen molar-refractivity contribution in [1.82, 2.24) is 0 Å². The predicted molar refractivity (Wildman–Crippen MR) is 45.6 cm³/mol. The second-order valence-corrected chi connectivity index (χ2v) is 2.98. The molecule has 0 saturated heterocycles. The topological polar surface area (TPSA) is 60.2 Å². The summed E-state index contributed by atoms with van der Waals surface area (Å²) in [6.07, 6.45) is 4.08. The van der Waals surface area contributed by atoms with Gasteiger partial charge in [-0.05, 0) is 37.5 Å². The number of carbonyl (C=O) groups excluding carboxylic acids is 2. The summed E-state index contributed by atoms with van der Waals surface area (Å²) in [5.74, 6) is -0.0558. The molecule has 1 aliphatic carbocycles. The van der Waals surface area contributed by atoms with Crippen molar-refractivity contribution < 1.29 is 9.59 Å². The van der Waals surface area contributed by atoms with Crippen molar-refractivity contribution in [2.45, 2.75) is 25.7 Å². The smallest absolute Gasteiger partial charge is 0.166 e. The molecule has 0 aromatic rings. The maximum absolute atomic E-state index is 11.1. The molecule has 0 amide bonds. The predicted octanol–water partition coefficient (Wildman–Crippen LogP) is 0.584. The first-order valence-corrected chi connectivity index (χ1v) is 4.20. The highest BCUT2D eigenvalue weighted by Gasteiger charge is 2.20. The summed E-state index contributed by atoms with van der Waals surface area (Å²) in [6.45, 7) is 0.648. The van der Waals surface area contributed by atoms with Crippen molar-refractivity contribution in [1.29, 1.82) is 0 Å². The minimum atomic E-state index is -0.0530. The Labute approximate surface area is 71.6 Å². The molecule has 3 nitrogen and oxygen atoms in total. The fraction of sp³-hybridized carbons (Fsp3) is 0.556. The Morgan fingerprint density at radius 1 is 1.33 bits per heavy atom. The molecule has 0 spiro atoms. The molecule has 1 rings (SSSR count). The van der Waals surface area contributed by atoms with Crippen LogP contribution in [0.1, 0.15) is 25.7 Å². The summed E-state index contributed by atoms with van der Waals surface area (Å²) in [6, 6.07) is 0. The lowest BCUT2D eigenvalue weighted by Crippen LogP contribution is -2.00. The molecule has 0 heterocycles. The molecule has 0 saturated carbocycles. The van der Waals surface area contributed by atoms with Gasteiger partial charge in [0.2, 0.25) is 0 Å². The third-order valence-electron chi connectivity index (χ3n) is 1.93. The second-order valence-electron chi connectivity index (χ2n) is 2.98. The molecule has 0 atom stereocenters. The van der Waals surface area contributed by atoms with E-state index in [0.717, 1.165) is 12.8 Å². The van der Waals surface area contributed by atoms with E-state index in [2.05, 4.69) is 0 Å². The van der Waals surface area contributed by atoms with Crippen molar-refractivity contribution in [3.63, 3.8) is 0 Å². The van der Waals surface area contributed by atoms with E-state index in [0.29, 0.717) is 18.5 Å². The van der Waals surface area contributed by atoms with Gasteiger partial charge in [-0.3, -0.25) is 9.59 Å². The monoisotopic (exact) mass is 167 g/mol. The van der Waals surface area contributed by atoms with Crippen molar-refractivity contribution in [3.8, 4) is 0 Å². The lowest BCUT2D eigenvalue weighted by atomic mass is 10.1. The van der Waals surface area contributed by atoms with E-state index in [1.807, 2.05) is 0 Å². The standard InChI is InChI=1S/C9H13NO2/c10-4-2-1-3-7-5-8(11)6-9(7)12/h5H,1-4,6,10H2. The van der Waals surface area contributed by atoms with Crippen molar-refractivity contribution in [2.75, 3.05) is 6.54 Å². The van der Waals surface area contributed by atoms with Gasteiger partial charge in [-0.25, -0.2) is 0 Å². The fourth-order valence-corrected chi connectivity index (χ4v) is 1.27. The number of carbonyl (C=O) groups is 2. The maximum Gasteiger partial charge on any atom is 0.166 e. The van der Waals surface area contributed by atoms with Gasteiger partial charge in [-0.2, -0.15) is 0 Å². The first-order valence-electron chi connectivity index (χ1n) is 4.20. The molecule has 2 N–H and O–H groups in total. The number of nitrogens with two attached hydrogens (primary N) is 1. The van der Waals surface area contributed by atoms with Crippen LogP contribution < -0.4 is 5.73 Å². The van der Waals surface area contributed by atoms with Gasteiger partial charge in [-0.1, -0.05) is 0 Å². The number of rotatable bonds is 4. The second kappa shape index (κ2) is 4.16. The number of unbranched alkanes of at least 4 members (excludes halogenated alkanes) is 1. The van der Waals surface area contributed by atoms with Crippen LogP contribution in [-0.2, 0) is 9.59 Å². The van der Waals surface area contributed by atoms with Crippen LogP contribution in [0.15, 0.2) is 11.6 Å². The van der Waals surface area contributed by atoms with E-state index in [9.17, 15) is 9.59 Å². The summed E-state index contributed by atoms with van der Waals surface area (Å²) in [5.41, 5.74) is 5.99. The normalized spacial score (nSPS) is 16.9. The largest absolute Gasteiger partial charge is 0.330 e. The van der Waals surface area contributed by atoms with Crippen molar-refractivity contribution >= 4 is 11.6 Å². The zero-order valence-corrected chi connectivity index (χ0v) is 7.01. The van der Waals surface area contributed by atoms with Crippen LogP contribution in [0.25, 0.3) is 0 Å². The summed E-state index contributed by atoms with van der Waals surface area (Å²) in [7, 11) is 0. The minimum Gasteiger partial charge on any atom is -0.330 e. The van der Waals surface area contributed by atoms with Gasteiger partial charge in [0.15, 0.2) is 11.6 Å². The van der Waals surface area contributed by atoms with Gasteiger partial charge in [0.05, 0.1) is 6.42 Å². The van der Waals surface area contributed by atoms with Crippen LogP contribution in [0, 0.1) is 0 Å². The highest BCUT2D eigenvalue weighted by molar-refractivity contribution is 6.19. The van der Waals surface area contributed by atoms with Gasteiger partial charge in [-0.15, -0.1) is 0 Å². The van der Waals surface area contributed by atoms with E-state index >= 15 is 0 Å². The first kappa shape index (κ1) is 9.13. The Balaban J connectivity index is 2.36. The molecule has 0 aromatic heterocycles. The molecule has 0 unspecified atom stereocenters. The molecule has 0 radical (unpaired) electrons. The molecule has 1 aliphatic rings.